The smallest absolute Gasteiger partial charge is 0.0522 e. The fourth-order valence-corrected chi connectivity index (χ4v) is 1.87. The van der Waals surface area contributed by atoms with Gasteiger partial charge >= 0.3 is 0 Å². The number of nitrogens with zero attached hydrogens (tertiary/aromatic N) is 1. The van der Waals surface area contributed by atoms with E-state index in [1.807, 2.05) is 11.8 Å². The van der Waals surface area contributed by atoms with Crippen molar-refractivity contribution in [2.75, 3.05) is 44.4 Å². The van der Waals surface area contributed by atoms with E-state index in [0.717, 1.165) is 37.8 Å². The third-order valence-corrected chi connectivity index (χ3v) is 2.74. The number of hydrogen-bond acceptors (Lipinski definition) is 4. The Hall–Kier alpha value is 0.230. The van der Waals surface area contributed by atoms with Crippen LogP contribution in [0.15, 0.2) is 0 Å². The molecule has 4 heteroatoms. The lowest BCUT2D eigenvalue weighted by atomic mass is 10.4. The molecule has 0 aromatic carbocycles. The molecule has 0 aromatic heterocycles. The largest absolute Gasteiger partial charge is 0.396 e. The highest BCUT2D eigenvalue weighted by atomic mass is 32.2. The van der Waals surface area contributed by atoms with Crippen LogP contribution in [0.5, 0.6) is 0 Å². The van der Waals surface area contributed by atoms with Gasteiger partial charge in [-0.15, -0.1) is 11.8 Å². The van der Waals surface area contributed by atoms with Gasteiger partial charge in [-0.05, 0) is 0 Å². The van der Waals surface area contributed by atoms with Crippen molar-refractivity contribution < 1.29 is 5.11 Å². The van der Waals surface area contributed by atoms with Crippen LogP contribution in [0.2, 0.25) is 0 Å². The number of piperazine rings is 1. The van der Waals surface area contributed by atoms with E-state index in [1.54, 1.807) is 0 Å². The van der Waals surface area contributed by atoms with E-state index < -0.39 is 0 Å². The van der Waals surface area contributed by atoms with Crippen molar-refractivity contribution in [1.29, 1.82) is 0 Å². The Balaban J connectivity index is 1.96. The van der Waals surface area contributed by atoms with Crippen molar-refractivity contribution in [3.8, 4) is 0 Å². The average molecular weight is 176 g/mol. The molecule has 0 spiro atoms. The minimum atomic E-state index is 0.302. The van der Waals surface area contributed by atoms with E-state index in [4.69, 9.17) is 5.11 Å². The van der Waals surface area contributed by atoms with E-state index in [-0.39, 0.29) is 0 Å². The number of nitrogens with one attached hydrogen (secondary N) is 1. The number of aliphatic hydroxyl groups excluding tert-OH is 1. The Bertz CT molecular complexity index is 96.4. The van der Waals surface area contributed by atoms with Crippen LogP contribution in [0.3, 0.4) is 0 Å². The van der Waals surface area contributed by atoms with Crippen LogP contribution < -0.4 is 5.32 Å². The molecular weight excluding hydrogens is 160 g/mol. The lowest BCUT2D eigenvalue weighted by Gasteiger charge is -2.26. The van der Waals surface area contributed by atoms with Crippen LogP contribution in [0.1, 0.15) is 0 Å². The molecule has 3 nitrogen and oxygen atoms in total. The summed E-state index contributed by atoms with van der Waals surface area (Å²) in [4.78, 5) is 2.41. The molecule has 0 unspecified atom stereocenters. The Morgan fingerprint density at radius 2 is 2.09 bits per heavy atom. The lowest BCUT2D eigenvalue weighted by molar-refractivity contribution is 0.279. The molecule has 0 radical (unpaired) electrons. The lowest BCUT2D eigenvalue weighted by Crippen LogP contribution is -2.43. The normalized spacial score (nSPS) is 20.5. The monoisotopic (exact) mass is 176 g/mol. The molecule has 1 saturated heterocycles. The highest BCUT2D eigenvalue weighted by Gasteiger charge is 2.07. The molecule has 0 amide bonds. The summed E-state index contributed by atoms with van der Waals surface area (Å²) in [6.45, 7) is 4.83. The molecule has 0 saturated carbocycles. The zero-order valence-electron chi connectivity index (χ0n) is 6.75. The highest BCUT2D eigenvalue weighted by molar-refractivity contribution is 7.99. The molecule has 1 aliphatic rings. The summed E-state index contributed by atoms with van der Waals surface area (Å²) in [6, 6.07) is 0. The molecule has 66 valence electrons. The second-order valence-electron chi connectivity index (χ2n) is 2.63. The van der Waals surface area contributed by atoms with Gasteiger partial charge in [-0.2, -0.15) is 0 Å². The summed E-state index contributed by atoms with van der Waals surface area (Å²) in [5.74, 6) is 1.94. The number of aliphatic hydroxyl groups is 1. The molecule has 0 aromatic rings. The highest BCUT2D eigenvalue weighted by Crippen LogP contribution is 2.03. The van der Waals surface area contributed by atoms with Gasteiger partial charge in [0.05, 0.1) is 6.61 Å². The second kappa shape index (κ2) is 5.83. The molecule has 0 aliphatic carbocycles. The van der Waals surface area contributed by atoms with Crippen LogP contribution in [-0.4, -0.2) is 54.4 Å². The predicted octanol–water partition coefficient (Wildman–Crippen LogP) is -0.425. The molecule has 1 rings (SSSR count). The number of rotatable bonds is 4. The standard InChI is InChI=1S/C7H16N2OS/c10-5-6-11-7-9-3-1-8-2-4-9/h8,10H,1-7H2. The van der Waals surface area contributed by atoms with Gasteiger partial charge in [0, 0.05) is 37.8 Å². The van der Waals surface area contributed by atoms with Crippen LogP contribution in [-0.2, 0) is 0 Å². The summed E-state index contributed by atoms with van der Waals surface area (Å²) in [5, 5.41) is 11.8. The fourth-order valence-electron chi connectivity index (χ4n) is 1.10. The first-order valence-electron chi connectivity index (χ1n) is 4.05. The van der Waals surface area contributed by atoms with Gasteiger partial charge in [0.25, 0.3) is 0 Å². The van der Waals surface area contributed by atoms with E-state index in [1.165, 1.54) is 0 Å². The molecule has 1 fully saturated rings. The third-order valence-electron chi connectivity index (χ3n) is 1.72. The Morgan fingerprint density at radius 1 is 1.36 bits per heavy atom. The van der Waals surface area contributed by atoms with Gasteiger partial charge in [0.15, 0.2) is 0 Å². The number of hydrogen-bond donors (Lipinski definition) is 2. The van der Waals surface area contributed by atoms with Crippen LogP contribution in [0.25, 0.3) is 0 Å². The minimum Gasteiger partial charge on any atom is -0.396 e. The Kier molecular flexibility index (Phi) is 4.94. The SMILES string of the molecule is OCCSCN1CCNCC1. The summed E-state index contributed by atoms with van der Waals surface area (Å²) >= 11 is 1.81. The van der Waals surface area contributed by atoms with Crippen molar-refractivity contribution in [3.63, 3.8) is 0 Å². The predicted molar refractivity (Wildman–Crippen MR) is 48.9 cm³/mol. The third kappa shape index (κ3) is 3.96. The quantitative estimate of drug-likeness (QED) is 0.570. The van der Waals surface area contributed by atoms with Gasteiger partial charge in [-0.3, -0.25) is 4.90 Å². The van der Waals surface area contributed by atoms with Gasteiger partial charge in [0.2, 0.25) is 0 Å². The number of thioether (sulfide) groups is 1. The van der Waals surface area contributed by atoms with Crippen LogP contribution >= 0.6 is 11.8 Å². The zero-order valence-corrected chi connectivity index (χ0v) is 7.57. The average Bonchev–Trinajstić information content (AvgIpc) is 2.07. The Labute approximate surface area is 72.2 Å². The van der Waals surface area contributed by atoms with E-state index in [9.17, 15) is 0 Å². The van der Waals surface area contributed by atoms with Crippen LogP contribution in [0, 0.1) is 0 Å². The molecule has 0 atom stereocenters. The van der Waals surface area contributed by atoms with E-state index in [2.05, 4.69) is 10.2 Å². The fraction of sp³-hybridized carbons (Fsp3) is 1.00. The maximum atomic E-state index is 8.54. The second-order valence-corrected chi connectivity index (χ2v) is 3.70. The van der Waals surface area contributed by atoms with Crippen molar-refractivity contribution >= 4 is 11.8 Å². The van der Waals surface area contributed by atoms with Crippen molar-refractivity contribution in [3.05, 3.63) is 0 Å². The van der Waals surface area contributed by atoms with E-state index >= 15 is 0 Å². The van der Waals surface area contributed by atoms with Crippen molar-refractivity contribution in [2.45, 2.75) is 0 Å². The minimum absolute atomic E-state index is 0.302. The topological polar surface area (TPSA) is 35.5 Å². The van der Waals surface area contributed by atoms with Gasteiger partial charge in [-0.1, -0.05) is 0 Å². The van der Waals surface area contributed by atoms with Crippen molar-refractivity contribution in [2.24, 2.45) is 0 Å². The molecule has 0 bridgehead atoms. The summed E-state index contributed by atoms with van der Waals surface area (Å²) in [6.07, 6.45) is 0. The van der Waals surface area contributed by atoms with Gasteiger partial charge in [-0.25, -0.2) is 0 Å². The maximum Gasteiger partial charge on any atom is 0.0522 e. The molecule has 1 heterocycles. The zero-order chi connectivity index (χ0) is 7.94. The first-order valence-corrected chi connectivity index (χ1v) is 5.20. The maximum absolute atomic E-state index is 8.54. The summed E-state index contributed by atoms with van der Waals surface area (Å²) in [7, 11) is 0. The van der Waals surface area contributed by atoms with Gasteiger partial charge in [0.1, 0.15) is 0 Å². The van der Waals surface area contributed by atoms with Gasteiger partial charge < -0.3 is 10.4 Å². The first kappa shape index (κ1) is 9.32. The first-order chi connectivity index (χ1) is 5.43. The molecular formula is C7H16N2OS. The van der Waals surface area contributed by atoms with E-state index in [0.29, 0.717) is 6.61 Å². The molecule has 1 aliphatic heterocycles. The van der Waals surface area contributed by atoms with Crippen molar-refractivity contribution in [1.82, 2.24) is 10.2 Å². The Morgan fingerprint density at radius 3 is 2.73 bits per heavy atom. The molecule has 2 N–H and O–H groups in total. The summed E-state index contributed by atoms with van der Waals surface area (Å²) in [5.41, 5.74) is 0. The molecule has 11 heavy (non-hydrogen) atoms. The summed E-state index contributed by atoms with van der Waals surface area (Å²) < 4.78 is 0. The van der Waals surface area contributed by atoms with Crippen LogP contribution in [0.4, 0.5) is 0 Å².